The standard InChI is InChI=1S/C10H14N2O2/c1-3-11-9(13)8-6-5-7-12-10(8)14-4-2/h5-7H,3-4H2,1-2H3,(H,11,13). The number of carbonyl (C=O) groups excluding carboxylic acids is 1. The molecule has 0 unspecified atom stereocenters. The number of ether oxygens (including phenoxy) is 1. The van der Waals surface area contributed by atoms with Gasteiger partial charge in [-0.05, 0) is 26.0 Å². The van der Waals surface area contributed by atoms with Crippen LogP contribution in [0, 0.1) is 0 Å². The highest BCUT2D eigenvalue weighted by molar-refractivity contribution is 5.96. The van der Waals surface area contributed by atoms with E-state index in [1.165, 1.54) is 0 Å². The van der Waals surface area contributed by atoms with Crippen molar-refractivity contribution in [1.82, 2.24) is 10.3 Å². The first kappa shape index (κ1) is 10.5. The number of nitrogens with one attached hydrogen (secondary N) is 1. The lowest BCUT2D eigenvalue weighted by atomic mass is 10.2. The molecular weight excluding hydrogens is 180 g/mol. The molecule has 4 nitrogen and oxygen atoms in total. The predicted molar refractivity (Wildman–Crippen MR) is 53.4 cm³/mol. The normalized spacial score (nSPS) is 9.57. The Bertz CT molecular complexity index is 313. The number of aromatic nitrogens is 1. The van der Waals surface area contributed by atoms with Gasteiger partial charge < -0.3 is 10.1 Å². The zero-order valence-corrected chi connectivity index (χ0v) is 8.41. The maximum atomic E-state index is 11.5. The Kier molecular flexibility index (Phi) is 3.91. The molecule has 0 aromatic carbocycles. The highest BCUT2D eigenvalue weighted by Crippen LogP contribution is 2.13. The van der Waals surface area contributed by atoms with E-state index in [9.17, 15) is 4.79 Å². The van der Waals surface area contributed by atoms with Crippen LogP contribution in [0.25, 0.3) is 0 Å². The van der Waals surface area contributed by atoms with Crippen LogP contribution in [0.5, 0.6) is 5.88 Å². The predicted octanol–water partition coefficient (Wildman–Crippen LogP) is 1.23. The van der Waals surface area contributed by atoms with Crippen molar-refractivity contribution in [3.63, 3.8) is 0 Å². The van der Waals surface area contributed by atoms with Gasteiger partial charge in [-0.1, -0.05) is 0 Å². The Morgan fingerprint density at radius 3 is 3.00 bits per heavy atom. The molecule has 0 spiro atoms. The van der Waals surface area contributed by atoms with Gasteiger partial charge >= 0.3 is 0 Å². The summed E-state index contributed by atoms with van der Waals surface area (Å²) in [6.07, 6.45) is 1.60. The topological polar surface area (TPSA) is 51.2 Å². The first-order chi connectivity index (χ1) is 6.79. The Morgan fingerprint density at radius 1 is 1.57 bits per heavy atom. The monoisotopic (exact) mass is 194 g/mol. The fourth-order valence-corrected chi connectivity index (χ4v) is 1.07. The molecule has 0 atom stereocenters. The van der Waals surface area contributed by atoms with Crippen LogP contribution in [0.1, 0.15) is 24.2 Å². The zero-order valence-electron chi connectivity index (χ0n) is 8.41. The van der Waals surface area contributed by atoms with Crippen LogP contribution in [0.4, 0.5) is 0 Å². The van der Waals surface area contributed by atoms with Gasteiger partial charge in [0.25, 0.3) is 5.91 Å². The number of nitrogens with zero attached hydrogens (tertiary/aromatic N) is 1. The quantitative estimate of drug-likeness (QED) is 0.784. The third kappa shape index (κ3) is 2.45. The van der Waals surface area contributed by atoms with Crippen molar-refractivity contribution < 1.29 is 9.53 Å². The molecule has 1 aromatic rings. The molecule has 0 aliphatic carbocycles. The average molecular weight is 194 g/mol. The fourth-order valence-electron chi connectivity index (χ4n) is 1.07. The Labute approximate surface area is 83.3 Å². The van der Waals surface area contributed by atoms with Crippen LogP contribution in [-0.4, -0.2) is 24.0 Å². The van der Waals surface area contributed by atoms with E-state index in [1.54, 1.807) is 18.3 Å². The molecule has 0 aliphatic heterocycles. The molecule has 0 bridgehead atoms. The molecule has 1 N–H and O–H groups in total. The van der Waals surface area contributed by atoms with Gasteiger partial charge in [-0.2, -0.15) is 0 Å². The van der Waals surface area contributed by atoms with Crippen LogP contribution in [-0.2, 0) is 0 Å². The Hall–Kier alpha value is -1.58. The smallest absolute Gasteiger partial charge is 0.256 e. The summed E-state index contributed by atoms with van der Waals surface area (Å²) in [7, 11) is 0. The number of amides is 1. The maximum absolute atomic E-state index is 11.5. The summed E-state index contributed by atoms with van der Waals surface area (Å²) >= 11 is 0. The molecule has 4 heteroatoms. The van der Waals surface area contributed by atoms with Crippen LogP contribution in [0.3, 0.4) is 0 Å². The number of carbonyl (C=O) groups is 1. The second kappa shape index (κ2) is 5.21. The molecule has 76 valence electrons. The molecule has 1 heterocycles. The fraction of sp³-hybridized carbons (Fsp3) is 0.400. The lowest BCUT2D eigenvalue weighted by molar-refractivity contribution is 0.0951. The highest BCUT2D eigenvalue weighted by Gasteiger charge is 2.11. The SMILES string of the molecule is CCNC(=O)c1cccnc1OCC. The summed E-state index contributed by atoms with van der Waals surface area (Å²) in [6, 6.07) is 3.41. The molecule has 0 radical (unpaired) electrons. The second-order valence-corrected chi connectivity index (χ2v) is 2.65. The van der Waals surface area contributed by atoms with Crippen molar-refractivity contribution >= 4 is 5.91 Å². The molecule has 1 rings (SSSR count). The van der Waals surface area contributed by atoms with Crippen molar-refractivity contribution in [2.24, 2.45) is 0 Å². The Morgan fingerprint density at radius 2 is 2.36 bits per heavy atom. The van der Waals surface area contributed by atoms with E-state index in [-0.39, 0.29) is 5.91 Å². The molecule has 1 aromatic heterocycles. The number of hydrogen-bond acceptors (Lipinski definition) is 3. The lowest BCUT2D eigenvalue weighted by Crippen LogP contribution is -2.23. The minimum atomic E-state index is -0.149. The third-order valence-corrected chi connectivity index (χ3v) is 1.63. The third-order valence-electron chi connectivity index (χ3n) is 1.63. The largest absolute Gasteiger partial charge is 0.477 e. The first-order valence-corrected chi connectivity index (χ1v) is 4.65. The van der Waals surface area contributed by atoms with Crippen LogP contribution in [0.2, 0.25) is 0 Å². The summed E-state index contributed by atoms with van der Waals surface area (Å²) in [6.45, 7) is 4.83. The average Bonchev–Trinajstić information content (AvgIpc) is 2.19. The van der Waals surface area contributed by atoms with E-state index in [2.05, 4.69) is 10.3 Å². The van der Waals surface area contributed by atoms with Crippen molar-refractivity contribution in [3.05, 3.63) is 23.9 Å². The summed E-state index contributed by atoms with van der Waals surface area (Å²) in [5.41, 5.74) is 0.483. The van der Waals surface area contributed by atoms with E-state index in [1.807, 2.05) is 13.8 Å². The van der Waals surface area contributed by atoms with Gasteiger partial charge in [0.1, 0.15) is 5.56 Å². The molecule has 0 saturated heterocycles. The van der Waals surface area contributed by atoms with E-state index in [4.69, 9.17) is 4.74 Å². The number of pyridine rings is 1. The van der Waals surface area contributed by atoms with Crippen LogP contribution >= 0.6 is 0 Å². The molecule has 1 amide bonds. The van der Waals surface area contributed by atoms with Crippen LogP contribution < -0.4 is 10.1 Å². The number of rotatable bonds is 4. The zero-order chi connectivity index (χ0) is 10.4. The minimum absolute atomic E-state index is 0.149. The van der Waals surface area contributed by atoms with E-state index in [0.717, 1.165) is 0 Å². The molecule has 0 fully saturated rings. The van der Waals surface area contributed by atoms with Gasteiger partial charge in [-0.3, -0.25) is 4.79 Å². The molecule has 14 heavy (non-hydrogen) atoms. The van der Waals surface area contributed by atoms with Gasteiger partial charge in [0, 0.05) is 12.7 Å². The summed E-state index contributed by atoms with van der Waals surface area (Å²) in [5.74, 6) is 0.241. The highest BCUT2D eigenvalue weighted by atomic mass is 16.5. The Balaban J connectivity index is 2.88. The van der Waals surface area contributed by atoms with Crippen molar-refractivity contribution in [2.45, 2.75) is 13.8 Å². The molecule has 0 saturated carbocycles. The van der Waals surface area contributed by atoms with Gasteiger partial charge in [0.05, 0.1) is 6.61 Å². The number of hydrogen-bond donors (Lipinski definition) is 1. The molecular formula is C10H14N2O2. The first-order valence-electron chi connectivity index (χ1n) is 4.65. The van der Waals surface area contributed by atoms with Gasteiger partial charge in [-0.25, -0.2) is 4.98 Å². The lowest BCUT2D eigenvalue weighted by Gasteiger charge is -2.07. The summed E-state index contributed by atoms with van der Waals surface area (Å²) in [4.78, 5) is 15.5. The maximum Gasteiger partial charge on any atom is 0.256 e. The van der Waals surface area contributed by atoms with Crippen molar-refractivity contribution in [3.8, 4) is 5.88 Å². The van der Waals surface area contributed by atoms with Gasteiger partial charge in [-0.15, -0.1) is 0 Å². The summed E-state index contributed by atoms with van der Waals surface area (Å²) < 4.78 is 5.23. The van der Waals surface area contributed by atoms with Crippen LogP contribution in [0.15, 0.2) is 18.3 Å². The molecule has 0 aliphatic rings. The van der Waals surface area contributed by atoms with E-state index >= 15 is 0 Å². The van der Waals surface area contributed by atoms with Crippen molar-refractivity contribution in [2.75, 3.05) is 13.2 Å². The van der Waals surface area contributed by atoms with Crippen molar-refractivity contribution in [1.29, 1.82) is 0 Å². The van der Waals surface area contributed by atoms with Gasteiger partial charge in [0.2, 0.25) is 5.88 Å². The minimum Gasteiger partial charge on any atom is -0.477 e. The van der Waals surface area contributed by atoms with E-state index in [0.29, 0.717) is 24.6 Å². The van der Waals surface area contributed by atoms with Gasteiger partial charge in [0.15, 0.2) is 0 Å². The second-order valence-electron chi connectivity index (χ2n) is 2.65. The van der Waals surface area contributed by atoms with E-state index < -0.39 is 0 Å². The summed E-state index contributed by atoms with van der Waals surface area (Å²) in [5, 5.41) is 2.70.